The van der Waals surface area contributed by atoms with E-state index in [4.69, 9.17) is 18.4 Å². The van der Waals surface area contributed by atoms with Gasteiger partial charge in [-0.3, -0.25) is 0 Å². The van der Waals surface area contributed by atoms with Gasteiger partial charge in [0.2, 0.25) is 0 Å². The number of hydrogen-bond acceptors (Lipinski definition) is 7. The fraction of sp³-hybridized carbons (Fsp3) is 0.333. The molecule has 5 nitrogen and oxygen atoms in total. The molecule has 1 aliphatic rings. The minimum Gasteiger partial charge on any atom is -0.497 e. The topological polar surface area (TPSA) is 40.2 Å². The Morgan fingerprint density at radius 3 is 2.30 bits per heavy atom. The first kappa shape index (κ1) is 25.9. The molecular weight excluding hydrogens is 502 g/mol. The van der Waals surface area contributed by atoms with Gasteiger partial charge < -0.3 is 23.3 Å². The highest BCUT2D eigenvalue weighted by Crippen LogP contribution is 2.47. The van der Waals surface area contributed by atoms with E-state index >= 15 is 0 Å². The molecule has 0 atom stereocenters. The van der Waals surface area contributed by atoms with E-state index in [0.29, 0.717) is 0 Å². The summed E-state index contributed by atoms with van der Waals surface area (Å²) in [5.74, 6) is 3.33. The zero-order chi connectivity index (χ0) is 25.6. The van der Waals surface area contributed by atoms with Gasteiger partial charge in [-0.05, 0) is 112 Å². The van der Waals surface area contributed by atoms with E-state index in [-0.39, 0.29) is 6.10 Å². The summed E-state index contributed by atoms with van der Waals surface area (Å²) >= 11 is 3.13. The van der Waals surface area contributed by atoms with Gasteiger partial charge in [-0.25, -0.2) is 0 Å². The van der Waals surface area contributed by atoms with Crippen LogP contribution in [-0.2, 0) is 4.18 Å². The predicted octanol–water partition coefficient (Wildman–Crippen LogP) is 8.28. The van der Waals surface area contributed by atoms with Gasteiger partial charge in [-0.15, -0.1) is 11.3 Å². The summed E-state index contributed by atoms with van der Waals surface area (Å²) in [7, 11) is 1.69. The van der Waals surface area contributed by atoms with Crippen LogP contribution in [0.2, 0.25) is 0 Å². The van der Waals surface area contributed by atoms with Crippen molar-refractivity contribution in [2.24, 2.45) is 0 Å². The Balaban J connectivity index is 1.33. The summed E-state index contributed by atoms with van der Waals surface area (Å²) in [6, 6.07) is 22.4. The molecular formula is C30H33NO4S2. The van der Waals surface area contributed by atoms with Crippen LogP contribution in [0.1, 0.15) is 26.7 Å². The molecule has 1 saturated heterocycles. The van der Waals surface area contributed by atoms with Crippen LogP contribution in [0.25, 0.3) is 20.5 Å². The average molecular weight is 536 g/mol. The van der Waals surface area contributed by atoms with Gasteiger partial charge in [0.1, 0.15) is 17.2 Å². The van der Waals surface area contributed by atoms with Crippen molar-refractivity contribution in [1.29, 1.82) is 0 Å². The van der Waals surface area contributed by atoms with Crippen molar-refractivity contribution in [3.8, 4) is 33.4 Å². The van der Waals surface area contributed by atoms with Gasteiger partial charge in [0.25, 0.3) is 0 Å². The Kier molecular flexibility index (Phi) is 8.56. The second-order valence-electron chi connectivity index (χ2n) is 9.34. The van der Waals surface area contributed by atoms with Crippen molar-refractivity contribution in [2.45, 2.75) is 37.7 Å². The molecule has 0 unspecified atom stereocenters. The smallest absolute Gasteiger partial charge is 0.153 e. The number of ether oxygens (including phenoxy) is 3. The van der Waals surface area contributed by atoms with Crippen molar-refractivity contribution in [1.82, 2.24) is 4.90 Å². The maximum absolute atomic E-state index is 6.52. The summed E-state index contributed by atoms with van der Waals surface area (Å²) in [4.78, 5) is 4.60. The normalized spacial score (nSPS) is 13.9. The fourth-order valence-electron chi connectivity index (χ4n) is 4.39. The van der Waals surface area contributed by atoms with Crippen molar-refractivity contribution >= 4 is 33.5 Å². The van der Waals surface area contributed by atoms with Crippen LogP contribution in [-0.4, -0.2) is 44.4 Å². The third kappa shape index (κ3) is 6.60. The molecule has 0 bridgehead atoms. The molecule has 0 amide bonds. The van der Waals surface area contributed by atoms with E-state index in [0.717, 1.165) is 61.6 Å². The lowest BCUT2D eigenvalue weighted by Gasteiger charge is -2.13. The van der Waals surface area contributed by atoms with Gasteiger partial charge in [0, 0.05) is 33.6 Å². The molecule has 0 spiro atoms. The molecule has 0 radical (unpaired) electrons. The third-order valence-electron chi connectivity index (χ3n) is 6.23. The van der Waals surface area contributed by atoms with Gasteiger partial charge in [0.15, 0.2) is 5.75 Å². The molecule has 0 saturated carbocycles. The Morgan fingerprint density at radius 1 is 0.892 bits per heavy atom. The van der Waals surface area contributed by atoms with Crippen LogP contribution in [0.4, 0.5) is 0 Å². The summed E-state index contributed by atoms with van der Waals surface area (Å²) in [6.45, 7) is 8.19. The van der Waals surface area contributed by atoms with E-state index in [2.05, 4.69) is 29.2 Å². The summed E-state index contributed by atoms with van der Waals surface area (Å²) in [5, 5.41) is 1.06. The molecule has 3 aromatic carbocycles. The lowest BCUT2D eigenvalue weighted by atomic mass is 10.1. The second-order valence-corrected chi connectivity index (χ2v) is 11.3. The maximum atomic E-state index is 6.52. The minimum absolute atomic E-state index is 0.137. The highest BCUT2D eigenvalue weighted by molar-refractivity contribution is 7.94. The third-order valence-corrected chi connectivity index (χ3v) is 8.16. The molecule has 194 valence electrons. The number of likely N-dealkylation sites (tertiary alicyclic amines) is 1. The van der Waals surface area contributed by atoms with E-state index in [1.54, 1.807) is 18.4 Å². The number of benzene rings is 3. The zero-order valence-electron chi connectivity index (χ0n) is 21.6. The summed E-state index contributed by atoms with van der Waals surface area (Å²) < 4.78 is 24.8. The van der Waals surface area contributed by atoms with E-state index in [1.165, 1.54) is 38.0 Å². The van der Waals surface area contributed by atoms with Gasteiger partial charge >= 0.3 is 0 Å². The number of thiophene rings is 1. The fourth-order valence-corrected chi connectivity index (χ4v) is 6.10. The van der Waals surface area contributed by atoms with Crippen molar-refractivity contribution in [3.05, 3.63) is 66.7 Å². The van der Waals surface area contributed by atoms with E-state index in [9.17, 15) is 0 Å². The summed E-state index contributed by atoms with van der Waals surface area (Å²) in [6.07, 6.45) is 2.75. The lowest BCUT2D eigenvalue weighted by Crippen LogP contribution is -2.23. The van der Waals surface area contributed by atoms with E-state index < -0.39 is 0 Å². The van der Waals surface area contributed by atoms with Crippen molar-refractivity contribution < 1.29 is 18.4 Å². The Morgan fingerprint density at radius 2 is 1.59 bits per heavy atom. The predicted molar refractivity (Wildman–Crippen MR) is 154 cm³/mol. The molecule has 1 fully saturated rings. The lowest BCUT2D eigenvalue weighted by molar-refractivity contribution is 0.242. The number of nitrogens with zero attached hydrogens (tertiary/aromatic N) is 1. The molecule has 0 N–H and O–H groups in total. The molecule has 5 rings (SSSR count). The molecule has 2 heterocycles. The zero-order valence-corrected chi connectivity index (χ0v) is 23.2. The number of rotatable bonds is 11. The van der Waals surface area contributed by atoms with Crippen LogP contribution in [0.5, 0.6) is 23.0 Å². The first-order valence-electron chi connectivity index (χ1n) is 12.8. The van der Waals surface area contributed by atoms with Crippen LogP contribution in [0, 0.1) is 0 Å². The largest absolute Gasteiger partial charge is 0.497 e. The number of methoxy groups -OCH3 is 1. The van der Waals surface area contributed by atoms with Crippen molar-refractivity contribution in [2.75, 3.05) is 33.4 Å². The Hall–Kier alpha value is -2.71. The Labute approximate surface area is 227 Å². The van der Waals surface area contributed by atoms with E-state index in [1.807, 2.05) is 56.3 Å². The molecule has 1 aromatic heterocycles. The number of fused-ring (bicyclic) bond motifs is 1. The van der Waals surface area contributed by atoms with Crippen LogP contribution in [0.3, 0.4) is 0 Å². The van der Waals surface area contributed by atoms with Gasteiger partial charge in [-0.1, -0.05) is 0 Å². The first-order chi connectivity index (χ1) is 18.1. The SMILES string of the molecule is COc1ccc2c(Oc3ccc(SOCCN4CCCC4)cc3)c(-c3ccc(OC(C)C)cc3)sc2c1. The van der Waals surface area contributed by atoms with Crippen LogP contribution >= 0.6 is 23.4 Å². The highest BCUT2D eigenvalue weighted by Gasteiger charge is 2.18. The molecule has 4 aromatic rings. The van der Waals surface area contributed by atoms with Crippen LogP contribution < -0.4 is 14.2 Å². The first-order valence-corrected chi connectivity index (χ1v) is 14.3. The molecule has 0 aliphatic carbocycles. The molecule has 37 heavy (non-hydrogen) atoms. The number of hydrogen-bond donors (Lipinski definition) is 0. The quantitative estimate of drug-likeness (QED) is 0.142. The average Bonchev–Trinajstić information content (AvgIpc) is 3.55. The molecule has 7 heteroatoms. The minimum atomic E-state index is 0.137. The highest BCUT2D eigenvalue weighted by atomic mass is 32.2. The standard InChI is InChI=1S/C30H33NO4S2/c1-21(2)34-23-8-6-22(7-9-23)30-29(27-15-12-25(32-3)20-28(27)36-30)35-24-10-13-26(14-11-24)37-33-19-18-31-16-4-5-17-31/h6-15,20-21H,4-5,16-19H2,1-3H3. The van der Waals surface area contributed by atoms with Gasteiger partial charge in [0.05, 0.1) is 24.7 Å². The second kappa shape index (κ2) is 12.2. The van der Waals surface area contributed by atoms with Crippen LogP contribution in [0.15, 0.2) is 71.6 Å². The Bertz CT molecular complexity index is 1300. The van der Waals surface area contributed by atoms with Gasteiger partial charge in [-0.2, -0.15) is 0 Å². The summed E-state index contributed by atoms with van der Waals surface area (Å²) in [5.41, 5.74) is 1.09. The molecule has 1 aliphatic heterocycles. The van der Waals surface area contributed by atoms with Crippen molar-refractivity contribution in [3.63, 3.8) is 0 Å². The monoisotopic (exact) mass is 535 g/mol. The maximum Gasteiger partial charge on any atom is 0.153 e.